The van der Waals surface area contributed by atoms with E-state index in [9.17, 15) is 0 Å². The second-order valence-electron chi connectivity index (χ2n) is 3.78. The van der Waals surface area contributed by atoms with Crippen molar-refractivity contribution in [2.75, 3.05) is 18.5 Å². The number of ether oxygens (including phenoxy) is 1. The van der Waals surface area contributed by atoms with Crippen molar-refractivity contribution >= 4 is 15.9 Å². The third-order valence-corrected chi connectivity index (χ3v) is 3.65. The van der Waals surface area contributed by atoms with Crippen LogP contribution in [-0.2, 0) is 4.74 Å². The normalized spacial score (nSPS) is 36.8. The Bertz CT molecular complexity index is 119. The van der Waals surface area contributed by atoms with Gasteiger partial charge in [0.1, 0.15) is 0 Å². The molecule has 0 N–H and O–H groups in total. The predicted molar refractivity (Wildman–Crippen MR) is 51.1 cm³/mol. The average molecular weight is 221 g/mol. The van der Waals surface area contributed by atoms with Gasteiger partial charge in [0.15, 0.2) is 0 Å². The molecule has 0 heterocycles. The van der Waals surface area contributed by atoms with E-state index in [2.05, 4.69) is 29.8 Å². The Morgan fingerprint density at radius 1 is 1.55 bits per heavy atom. The van der Waals surface area contributed by atoms with E-state index in [4.69, 9.17) is 4.74 Å². The Morgan fingerprint density at radius 3 is 2.55 bits per heavy atom. The van der Waals surface area contributed by atoms with Crippen molar-refractivity contribution < 1.29 is 4.74 Å². The summed E-state index contributed by atoms with van der Waals surface area (Å²) in [7, 11) is 0. The molecule has 0 aromatic heterocycles. The molecule has 0 saturated heterocycles. The number of rotatable bonds is 4. The molecule has 1 rings (SSSR count). The zero-order valence-electron chi connectivity index (χ0n) is 7.40. The van der Waals surface area contributed by atoms with Crippen LogP contribution in [0.5, 0.6) is 0 Å². The standard InChI is InChI=1S/C9H17BrO/c1-3-11-7-9(6-10)4-8(2)5-9/h8H,3-7H2,1-2H3. The van der Waals surface area contributed by atoms with Crippen LogP contribution in [0.1, 0.15) is 26.7 Å². The van der Waals surface area contributed by atoms with Gasteiger partial charge in [-0.1, -0.05) is 22.9 Å². The predicted octanol–water partition coefficient (Wildman–Crippen LogP) is 2.83. The van der Waals surface area contributed by atoms with Crippen LogP contribution >= 0.6 is 15.9 Å². The van der Waals surface area contributed by atoms with E-state index < -0.39 is 0 Å². The van der Waals surface area contributed by atoms with Gasteiger partial charge in [-0.25, -0.2) is 0 Å². The van der Waals surface area contributed by atoms with Crippen molar-refractivity contribution in [1.82, 2.24) is 0 Å². The van der Waals surface area contributed by atoms with Crippen molar-refractivity contribution in [3.05, 3.63) is 0 Å². The molecule has 66 valence electrons. The maximum atomic E-state index is 5.45. The first kappa shape index (κ1) is 9.53. The summed E-state index contributed by atoms with van der Waals surface area (Å²) in [5.74, 6) is 0.910. The molecule has 0 atom stereocenters. The lowest BCUT2D eigenvalue weighted by Gasteiger charge is -2.45. The monoisotopic (exact) mass is 220 g/mol. The summed E-state index contributed by atoms with van der Waals surface area (Å²) >= 11 is 3.56. The van der Waals surface area contributed by atoms with Gasteiger partial charge in [-0.2, -0.15) is 0 Å². The number of hydrogen-bond donors (Lipinski definition) is 0. The summed E-state index contributed by atoms with van der Waals surface area (Å²) < 4.78 is 5.45. The molecule has 0 unspecified atom stereocenters. The molecule has 11 heavy (non-hydrogen) atoms. The van der Waals surface area contributed by atoms with Gasteiger partial charge in [0.05, 0.1) is 6.61 Å². The molecule has 0 bridgehead atoms. The van der Waals surface area contributed by atoms with Gasteiger partial charge >= 0.3 is 0 Å². The van der Waals surface area contributed by atoms with E-state index in [1.807, 2.05) is 0 Å². The fourth-order valence-electron chi connectivity index (χ4n) is 2.00. The molecule has 0 spiro atoms. The minimum absolute atomic E-state index is 0.482. The fraction of sp³-hybridized carbons (Fsp3) is 1.00. The SMILES string of the molecule is CCOCC1(CBr)CC(C)C1. The molecule has 1 saturated carbocycles. The number of hydrogen-bond acceptors (Lipinski definition) is 1. The first-order chi connectivity index (χ1) is 5.22. The molecule has 0 amide bonds. The van der Waals surface area contributed by atoms with E-state index in [0.29, 0.717) is 5.41 Å². The summed E-state index contributed by atoms with van der Waals surface area (Å²) in [6.07, 6.45) is 2.66. The Hall–Kier alpha value is 0.440. The van der Waals surface area contributed by atoms with Crippen LogP contribution in [0.3, 0.4) is 0 Å². The maximum absolute atomic E-state index is 5.45. The fourth-order valence-corrected chi connectivity index (χ4v) is 2.62. The average Bonchev–Trinajstić information content (AvgIpc) is 1.96. The molecule has 1 aliphatic carbocycles. The van der Waals surface area contributed by atoms with Gasteiger partial charge < -0.3 is 4.74 Å². The molecule has 0 radical (unpaired) electrons. The van der Waals surface area contributed by atoms with Gasteiger partial charge in [0, 0.05) is 17.4 Å². The van der Waals surface area contributed by atoms with Gasteiger partial charge in [-0.3, -0.25) is 0 Å². The van der Waals surface area contributed by atoms with Crippen molar-refractivity contribution in [2.45, 2.75) is 26.7 Å². The van der Waals surface area contributed by atoms with E-state index in [-0.39, 0.29) is 0 Å². The quantitative estimate of drug-likeness (QED) is 0.663. The first-order valence-corrected chi connectivity index (χ1v) is 5.48. The minimum Gasteiger partial charge on any atom is -0.381 e. The highest BCUT2D eigenvalue weighted by Crippen LogP contribution is 2.46. The lowest BCUT2D eigenvalue weighted by Crippen LogP contribution is -2.41. The van der Waals surface area contributed by atoms with Crippen LogP contribution in [0.25, 0.3) is 0 Å². The van der Waals surface area contributed by atoms with E-state index in [1.54, 1.807) is 0 Å². The van der Waals surface area contributed by atoms with Crippen molar-refractivity contribution in [2.24, 2.45) is 11.3 Å². The molecular formula is C9H17BrO. The van der Waals surface area contributed by atoms with Crippen molar-refractivity contribution in [3.8, 4) is 0 Å². The van der Waals surface area contributed by atoms with Gasteiger partial charge in [-0.15, -0.1) is 0 Å². The van der Waals surface area contributed by atoms with E-state index in [1.165, 1.54) is 12.8 Å². The van der Waals surface area contributed by atoms with Crippen molar-refractivity contribution in [1.29, 1.82) is 0 Å². The van der Waals surface area contributed by atoms with Gasteiger partial charge in [0.25, 0.3) is 0 Å². The molecular weight excluding hydrogens is 204 g/mol. The van der Waals surface area contributed by atoms with Gasteiger partial charge in [0.2, 0.25) is 0 Å². The summed E-state index contributed by atoms with van der Waals surface area (Å²) in [6.45, 7) is 6.17. The van der Waals surface area contributed by atoms with E-state index >= 15 is 0 Å². The maximum Gasteiger partial charge on any atom is 0.0530 e. The largest absolute Gasteiger partial charge is 0.381 e. The molecule has 1 fully saturated rings. The lowest BCUT2D eigenvalue weighted by atomic mass is 9.64. The Morgan fingerprint density at radius 2 is 2.18 bits per heavy atom. The van der Waals surface area contributed by atoms with Crippen molar-refractivity contribution in [3.63, 3.8) is 0 Å². The third-order valence-electron chi connectivity index (χ3n) is 2.46. The molecule has 1 aliphatic rings. The summed E-state index contributed by atoms with van der Waals surface area (Å²) in [6, 6.07) is 0. The Balaban J connectivity index is 2.26. The smallest absolute Gasteiger partial charge is 0.0530 e. The molecule has 0 aliphatic heterocycles. The highest BCUT2D eigenvalue weighted by Gasteiger charge is 2.40. The van der Waals surface area contributed by atoms with Gasteiger partial charge in [-0.05, 0) is 25.7 Å². The second-order valence-corrected chi connectivity index (χ2v) is 4.34. The number of halogens is 1. The van der Waals surface area contributed by atoms with Crippen LogP contribution in [0.2, 0.25) is 0 Å². The van der Waals surface area contributed by atoms with Crippen LogP contribution in [-0.4, -0.2) is 18.5 Å². The van der Waals surface area contributed by atoms with Crippen LogP contribution in [0.4, 0.5) is 0 Å². The second kappa shape index (κ2) is 3.90. The summed E-state index contributed by atoms with van der Waals surface area (Å²) in [5.41, 5.74) is 0.482. The van der Waals surface area contributed by atoms with Crippen LogP contribution in [0.15, 0.2) is 0 Å². The highest BCUT2D eigenvalue weighted by molar-refractivity contribution is 9.09. The minimum atomic E-state index is 0.482. The lowest BCUT2D eigenvalue weighted by molar-refractivity contribution is -0.0134. The number of alkyl halides is 1. The van der Waals surface area contributed by atoms with E-state index in [0.717, 1.165) is 24.5 Å². The molecule has 2 heteroatoms. The zero-order chi connectivity index (χ0) is 8.32. The Labute approximate surface area is 77.6 Å². The Kier molecular flexibility index (Phi) is 3.38. The summed E-state index contributed by atoms with van der Waals surface area (Å²) in [5, 5.41) is 1.10. The third kappa shape index (κ3) is 2.19. The van der Waals surface area contributed by atoms with Crippen LogP contribution in [0, 0.1) is 11.3 Å². The molecule has 1 nitrogen and oxygen atoms in total. The topological polar surface area (TPSA) is 9.23 Å². The highest BCUT2D eigenvalue weighted by atomic mass is 79.9. The van der Waals surface area contributed by atoms with Crippen LogP contribution < -0.4 is 0 Å². The molecule has 0 aromatic rings. The zero-order valence-corrected chi connectivity index (χ0v) is 8.99. The first-order valence-electron chi connectivity index (χ1n) is 4.36. The molecule has 0 aromatic carbocycles. The summed E-state index contributed by atoms with van der Waals surface area (Å²) in [4.78, 5) is 0.